The smallest absolute Gasteiger partial charge is 0.369 e. The summed E-state index contributed by atoms with van der Waals surface area (Å²) in [6.07, 6.45) is -5.88. The zero-order chi connectivity index (χ0) is 32.7. The highest BCUT2D eigenvalue weighted by Crippen LogP contribution is 2.56. The van der Waals surface area contributed by atoms with Gasteiger partial charge in [0.05, 0.1) is 33.2 Å². The van der Waals surface area contributed by atoms with E-state index in [-0.39, 0.29) is 23.3 Å². The van der Waals surface area contributed by atoms with Crippen LogP contribution in [0.15, 0.2) is 72.8 Å². The van der Waals surface area contributed by atoms with Crippen LogP contribution in [0.4, 0.5) is 13.2 Å². The number of rotatable bonds is 2. The Labute approximate surface area is 265 Å². The van der Waals surface area contributed by atoms with Crippen LogP contribution in [0.2, 0.25) is 0 Å². The summed E-state index contributed by atoms with van der Waals surface area (Å²) >= 11 is 0. The number of aliphatic hydroxyl groups excluding tert-OH is 1. The second-order valence-electron chi connectivity index (χ2n) is 13.1. The van der Waals surface area contributed by atoms with E-state index in [1.54, 1.807) is 11.9 Å². The minimum atomic E-state index is -4.51. The first kappa shape index (κ1) is 28.4. The van der Waals surface area contributed by atoms with Gasteiger partial charge in [-0.1, -0.05) is 43.3 Å². The van der Waals surface area contributed by atoms with Crippen molar-refractivity contribution in [2.75, 3.05) is 7.05 Å². The third kappa shape index (κ3) is 3.50. The number of ether oxygens (including phenoxy) is 1. The molecule has 4 aromatic carbocycles. The van der Waals surface area contributed by atoms with Crippen molar-refractivity contribution >= 4 is 55.4 Å². The van der Waals surface area contributed by atoms with Crippen LogP contribution in [0, 0.1) is 5.92 Å². The van der Waals surface area contributed by atoms with Crippen LogP contribution < -0.4 is 5.32 Å². The fourth-order valence-corrected chi connectivity index (χ4v) is 8.55. The van der Waals surface area contributed by atoms with Crippen molar-refractivity contribution < 1.29 is 32.6 Å². The van der Waals surface area contributed by atoms with Crippen LogP contribution in [0.3, 0.4) is 0 Å². The van der Waals surface area contributed by atoms with Gasteiger partial charge in [0.1, 0.15) is 12.0 Å². The molecular formula is C36H29F3N4O4. The van der Waals surface area contributed by atoms with Crippen LogP contribution in [0.1, 0.15) is 64.6 Å². The number of alkyl halides is 3. The van der Waals surface area contributed by atoms with Gasteiger partial charge in [-0.3, -0.25) is 9.59 Å². The number of hydrogen-bond donors (Lipinski definition) is 2. The molecule has 238 valence electrons. The molecule has 1 saturated heterocycles. The highest BCUT2D eigenvalue weighted by atomic mass is 19.4. The van der Waals surface area contributed by atoms with Gasteiger partial charge in [-0.05, 0) is 43.3 Å². The lowest BCUT2D eigenvalue weighted by molar-refractivity contribution is -0.232. The molecule has 1 fully saturated rings. The van der Waals surface area contributed by atoms with Gasteiger partial charge < -0.3 is 29.2 Å². The van der Waals surface area contributed by atoms with Crippen LogP contribution in [-0.4, -0.2) is 44.0 Å². The third-order valence-electron chi connectivity index (χ3n) is 10.8. The molecule has 2 aromatic heterocycles. The van der Waals surface area contributed by atoms with Crippen molar-refractivity contribution in [1.29, 1.82) is 0 Å². The molecule has 1 unspecified atom stereocenters. The molecule has 0 aliphatic carbocycles. The Hall–Kier alpha value is -4.87. The van der Waals surface area contributed by atoms with Crippen LogP contribution in [0.25, 0.3) is 43.6 Å². The standard InChI is InChI=1S/C36H29F3N4O4/c1-17-24(41(3)34(46)18-12-14-19(15-13-18)36(37,38)39)16-25-42-22-10-6-4-8-20(22)26-28-29(33(45)40-32(28)44)27-21-9-5-7-11-23(21)43(31(27)30(26)42)35(17,2)47-25/h4-15,17,24-25,33,45H,16H2,1-3H3,(H,40,44)/t17?,24-,25-,33-,35+/m1/s1. The molecule has 3 aliphatic rings. The van der Waals surface area contributed by atoms with Gasteiger partial charge in [-0.2, -0.15) is 13.2 Å². The van der Waals surface area contributed by atoms with Crippen molar-refractivity contribution in [1.82, 2.24) is 19.4 Å². The minimum Gasteiger partial charge on any atom is -0.369 e. The lowest BCUT2D eigenvalue weighted by atomic mass is 9.84. The SMILES string of the molecule is CC1[C@H](N(C)C(=O)c2ccc(C(F)(F)F)cc2)C[C@H]2O[C@]1(C)n1c3ccccc3c3c4c(c5c6ccccc6n2c5c31)C(=O)N[C@@H]4O. The van der Waals surface area contributed by atoms with E-state index < -0.39 is 36.0 Å². The van der Waals surface area contributed by atoms with E-state index in [1.165, 1.54) is 12.1 Å². The lowest BCUT2D eigenvalue weighted by Gasteiger charge is -2.50. The predicted molar refractivity (Wildman–Crippen MR) is 170 cm³/mol. The number of benzene rings is 4. The zero-order valence-corrected chi connectivity index (χ0v) is 25.6. The van der Waals surface area contributed by atoms with Gasteiger partial charge in [0.25, 0.3) is 11.8 Å². The summed E-state index contributed by atoms with van der Waals surface area (Å²) in [6.45, 7) is 4.04. The monoisotopic (exact) mass is 638 g/mol. The Morgan fingerprint density at radius 3 is 2.30 bits per heavy atom. The number of hydrogen-bond acceptors (Lipinski definition) is 4. The maximum atomic E-state index is 13.9. The minimum absolute atomic E-state index is 0.162. The molecule has 9 rings (SSSR count). The molecule has 5 atom stereocenters. The normalized spacial score (nSPS) is 25.1. The molecule has 0 spiro atoms. The van der Waals surface area contributed by atoms with E-state index in [4.69, 9.17) is 4.74 Å². The van der Waals surface area contributed by atoms with Gasteiger partial charge in [-0.25, -0.2) is 0 Å². The van der Waals surface area contributed by atoms with E-state index in [2.05, 4.69) is 14.5 Å². The molecule has 2 N–H and O–H groups in total. The fourth-order valence-electron chi connectivity index (χ4n) is 8.55. The van der Waals surface area contributed by atoms with Gasteiger partial charge in [0.2, 0.25) is 0 Å². The quantitative estimate of drug-likeness (QED) is 0.213. The molecule has 11 heteroatoms. The Morgan fingerprint density at radius 1 is 0.979 bits per heavy atom. The van der Waals surface area contributed by atoms with Crippen LogP contribution in [-0.2, 0) is 16.6 Å². The molecule has 2 amide bonds. The van der Waals surface area contributed by atoms with E-state index in [9.17, 15) is 27.9 Å². The summed E-state index contributed by atoms with van der Waals surface area (Å²) in [7, 11) is 1.69. The first-order valence-electron chi connectivity index (χ1n) is 15.5. The highest BCUT2D eigenvalue weighted by Gasteiger charge is 2.53. The van der Waals surface area contributed by atoms with Gasteiger partial charge in [0, 0.05) is 58.1 Å². The molecule has 3 aliphatic heterocycles. The molecule has 5 heterocycles. The van der Waals surface area contributed by atoms with E-state index in [0.29, 0.717) is 17.5 Å². The van der Waals surface area contributed by atoms with Gasteiger partial charge in [-0.15, -0.1) is 0 Å². The summed E-state index contributed by atoms with van der Waals surface area (Å²) in [5.41, 5.74) is 2.66. The number of nitrogens with one attached hydrogen (secondary N) is 1. The van der Waals surface area contributed by atoms with Crippen LogP contribution >= 0.6 is 0 Å². The molecule has 0 radical (unpaired) electrons. The Bertz CT molecular complexity index is 2360. The van der Waals surface area contributed by atoms with E-state index in [1.807, 2.05) is 62.4 Å². The maximum Gasteiger partial charge on any atom is 0.416 e. The molecular weight excluding hydrogens is 609 g/mol. The van der Waals surface area contributed by atoms with Crippen LogP contribution in [0.5, 0.6) is 0 Å². The third-order valence-corrected chi connectivity index (χ3v) is 10.8. The fraction of sp³-hybridized carbons (Fsp3) is 0.278. The number of fused-ring (bicyclic) bond motifs is 13. The predicted octanol–water partition coefficient (Wildman–Crippen LogP) is 7.04. The summed E-state index contributed by atoms with van der Waals surface area (Å²) in [5.74, 6) is -1.04. The number of carbonyl (C=O) groups is 2. The molecule has 8 nitrogen and oxygen atoms in total. The number of carbonyl (C=O) groups excluding carboxylic acids is 2. The number of aromatic nitrogens is 2. The van der Waals surface area contributed by atoms with E-state index >= 15 is 0 Å². The van der Waals surface area contributed by atoms with Gasteiger partial charge >= 0.3 is 6.18 Å². The largest absolute Gasteiger partial charge is 0.416 e. The first-order chi connectivity index (χ1) is 22.4. The van der Waals surface area contributed by atoms with Crippen molar-refractivity contribution in [2.45, 2.75) is 50.7 Å². The number of halogens is 3. The average molecular weight is 639 g/mol. The molecule has 2 bridgehead atoms. The second-order valence-corrected chi connectivity index (χ2v) is 13.1. The molecule has 6 aromatic rings. The second kappa shape index (κ2) is 9.14. The number of aliphatic hydroxyl groups is 1. The molecule has 47 heavy (non-hydrogen) atoms. The average Bonchev–Trinajstić information content (AvgIpc) is 3.66. The van der Waals surface area contributed by atoms with E-state index in [0.717, 1.165) is 55.7 Å². The van der Waals surface area contributed by atoms with Crippen molar-refractivity contribution in [2.24, 2.45) is 5.92 Å². The Kier molecular flexibility index (Phi) is 5.52. The summed E-state index contributed by atoms with van der Waals surface area (Å²) in [6, 6.07) is 19.6. The Balaban J connectivity index is 1.32. The zero-order valence-electron chi connectivity index (χ0n) is 25.6. The number of nitrogens with zero attached hydrogens (tertiary/aromatic N) is 3. The maximum absolute atomic E-state index is 13.9. The topological polar surface area (TPSA) is 88.7 Å². The summed E-state index contributed by atoms with van der Waals surface area (Å²) < 4.78 is 51.3. The Morgan fingerprint density at radius 2 is 1.62 bits per heavy atom. The van der Waals surface area contributed by atoms with Gasteiger partial charge in [0.15, 0.2) is 6.23 Å². The summed E-state index contributed by atoms with van der Waals surface area (Å²) in [4.78, 5) is 29.1. The van der Waals surface area contributed by atoms with Crippen molar-refractivity contribution in [3.63, 3.8) is 0 Å². The lowest BCUT2D eigenvalue weighted by Crippen LogP contribution is -2.56. The van der Waals surface area contributed by atoms with Crippen molar-refractivity contribution in [3.8, 4) is 0 Å². The highest BCUT2D eigenvalue weighted by molar-refractivity contribution is 6.31. The summed E-state index contributed by atoms with van der Waals surface area (Å²) in [5, 5.41) is 17.3. The number of para-hydroxylation sites is 2. The number of amides is 2. The first-order valence-corrected chi connectivity index (χ1v) is 15.5. The van der Waals surface area contributed by atoms with Crippen molar-refractivity contribution in [3.05, 3.63) is 95.1 Å². The molecule has 0 saturated carbocycles.